The molecule has 2 N–H and O–H groups in total. The first-order valence-corrected chi connectivity index (χ1v) is 7.95. The number of aliphatic hydroxyl groups excluding tert-OH is 1. The fourth-order valence-corrected chi connectivity index (χ4v) is 2.81. The molecule has 2 aromatic rings. The lowest BCUT2D eigenvalue weighted by atomic mass is 10.1. The predicted octanol–water partition coefficient (Wildman–Crippen LogP) is 1.27. The van der Waals surface area contributed by atoms with E-state index in [1.165, 1.54) is 14.1 Å². The van der Waals surface area contributed by atoms with Crippen molar-refractivity contribution >= 4 is 21.6 Å². The lowest BCUT2D eigenvalue weighted by Crippen LogP contribution is -2.23. The van der Waals surface area contributed by atoms with Crippen LogP contribution in [-0.2, 0) is 10.0 Å². The molecule has 0 saturated heterocycles. The van der Waals surface area contributed by atoms with Crippen LogP contribution in [0.2, 0.25) is 5.02 Å². The first kappa shape index (κ1) is 16.5. The summed E-state index contributed by atoms with van der Waals surface area (Å²) in [6, 6.07) is 8.06. The van der Waals surface area contributed by atoms with Crippen molar-refractivity contribution in [3.63, 3.8) is 0 Å². The molecule has 0 fully saturated rings. The second-order valence-electron chi connectivity index (χ2n) is 4.65. The van der Waals surface area contributed by atoms with Crippen LogP contribution in [0.3, 0.4) is 0 Å². The number of hydrogen-bond donors (Lipinski definition) is 2. The Bertz CT molecular complexity index is 822. The highest BCUT2D eigenvalue weighted by molar-refractivity contribution is 7.89. The van der Waals surface area contributed by atoms with E-state index in [0.717, 1.165) is 4.31 Å². The van der Waals surface area contributed by atoms with Crippen molar-refractivity contribution in [2.24, 2.45) is 0 Å². The van der Waals surface area contributed by atoms with Crippen LogP contribution in [-0.4, -0.2) is 41.9 Å². The Hall–Kier alpha value is -1.92. The fourth-order valence-electron chi connectivity index (χ4n) is 1.75. The second-order valence-corrected chi connectivity index (χ2v) is 7.18. The number of imidazole rings is 1. The van der Waals surface area contributed by atoms with Gasteiger partial charge in [0.05, 0.1) is 0 Å². The van der Waals surface area contributed by atoms with Crippen molar-refractivity contribution in [2.45, 2.75) is 11.1 Å². The number of sulfonamides is 1. The average Bonchev–Trinajstić information content (AvgIpc) is 2.92. The maximum absolute atomic E-state index is 12.1. The highest BCUT2D eigenvalue weighted by atomic mass is 35.5. The van der Waals surface area contributed by atoms with Gasteiger partial charge in [0.2, 0.25) is 0 Å². The van der Waals surface area contributed by atoms with E-state index >= 15 is 0 Å². The average molecular weight is 341 g/mol. The molecule has 1 heterocycles. The minimum absolute atomic E-state index is 0.0284. The van der Waals surface area contributed by atoms with Crippen LogP contribution in [0.15, 0.2) is 29.3 Å². The summed E-state index contributed by atoms with van der Waals surface area (Å²) in [5, 5.41) is 19.5. The quantitative estimate of drug-likeness (QED) is 0.870. The van der Waals surface area contributed by atoms with Gasteiger partial charge in [-0.2, -0.15) is 5.26 Å². The molecule has 1 aromatic heterocycles. The molecule has 1 unspecified atom stereocenters. The van der Waals surface area contributed by atoms with Gasteiger partial charge in [0, 0.05) is 19.1 Å². The van der Waals surface area contributed by atoms with Gasteiger partial charge in [-0.1, -0.05) is 23.7 Å². The molecule has 0 radical (unpaired) electrons. The van der Waals surface area contributed by atoms with Gasteiger partial charge >= 0.3 is 0 Å². The van der Waals surface area contributed by atoms with Crippen molar-refractivity contribution < 1.29 is 13.5 Å². The minimum atomic E-state index is -3.86. The van der Waals surface area contributed by atoms with E-state index in [0.29, 0.717) is 10.6 Å². The maximum Gasteiger partial charge on any atom is 0.261 e. The van der Waals surface area contributed by atoms with Crippen LogP contribution in [0.1, 0.15) is 23.2 Å². The third kappa shape index (κ3) is 2.98. The number of benzene rings is 1. The van der Waals surface area contributed by atoms with Gasteiger partial charge in [-0.3, -0.25) is 0 Å². The predicted molar refractivity (Wildman–Crippen MR) is 79.7 cm³/mol. The largest absolute Gasteiger partial charge is 0.380 e. The lowest BCUT2D eigenvalue weighted by molar-refractivity contribution is 0.210. The number of halogens is 1. The Morgan fingerprint density at radius 2 is 1.95 bits per heavy atom. The van der Waals surface area contributed by atoms with E-state index in [4.69, 9.17) is 16.9 Å². The Balaban J connectivity index is 2.48. The Morgan fingerprint density at radius 1 is 1.36 bits per heavy atom. The molecule has 2 rings (SSSR count). The standard InChI is InChI=1S/C13H13ClN4O3S/c1-18(2)22(20,21)13-10(7-15)16-12(17-13)11(19)8-3-5-9(14)6-4-8/h3-6,11,19H,1-2H3,(H,16,17). The third-order valence-electron chi connectivity index (χ3n) is 2.98. The molecule has 0 aliphatic heterocycles. The molecule has 0 amide bonds. The SMILES string of the molecule is CN(C)S(=O)(=O)c1[nH]c(C(O)c2ccc(Cl)cc2)nc1C#N. The molecule has 9 heteroatoms. The third-order valence-corrected chi connectivity index (χ3v) is 5.00. The van der Waals surface area contributed by atoms with E-state index in [-0.39, 0.29) is 16.5 Å². The van der Waals surface area contributed by atoms with Crippen molar-refractivity contribution in [3.05, 3.63) is 46.4 Å². The van der Waals surface area contributed by atoms with Gasteiger partial charge in [-0.25, -0.2) is 17.7 Å². The van der Waals surface area contributed by atoms with E-state index in [2.05, 4.69) is 9.97 Å². The topological polar surface area (TPSA) is 110 Å². The van der Waals surface area contributed by atoms with Crippen molar-refractivity contribution in [1.82, 2.24) is 14.3 Å². The highest BCUT2D eigenvalue weighted by Crippen LogP contribution is 2.24. The summed E-state index contributed by atoms with van der Waals surface area (Å²) in [7, 11) is -1.18. The molecule has 1 atom stereocenters. The Kier molecular flexibility index (Phi) is 4.53. The normalized spacial score (nSPS) is 13.1. The number of hydrogen-bond acceptors (Lipinski definition) is 5. The Labute approximate surface area is 132 Å². The molecule has 22 heavy (non-hydrogen) atoms. The summed E-state index contributed by atoms with van der Waals surface area (Å²) >= 11 is 5.78. The van der Waals surface area contributed by atoms with Crippen LogP contribution in [0.5, 0.6) is 0 Å². The van der Waals surface area contributed by atoms with Crippen LogP contribution in [0.25, 0.3) is 0 Å². The van der Waals surface area contributed by atoms with Gasteiger partial charge in [-0.15, -0.1) is 0 Å². The number of aromatic amines is 1. The molecule has 0 spiro atoms. The fraction of sp³-hybridized carbons (Fsp3) is 0.231. The number of aromatic nitrogens is 2. The zero-order valence-electron chi connectivity index (χ0n) is 11.8. The number of nitrogens with one attached hydrogen (secondary N) is 1. The first-order chi connectivity index (χ1) is 10.3. The van der Waals surface area contributed by atoms with Crippen LogP contribution in [0, 0.1) is 11.3 Å². The zero-order chi connectivity index (χ0) is 16.5. The van der Waals surface area contributed by atoms with Crippen molar-refractivity contribution in [2.75, 3.05) is 14.1 Å². The van der Waals surface area contributed by atoms with Gasteiger partial charge in [0.25, 0.3) is 10.0 Å². The molecular weight excluding hydrogens is 328 g/mol. The molecule has 0 saturated carbocycles. The van der Waals surface area contributed by atoms with Gasteiger partial charge < -0.3 is 10.1 Å². The van der Waals surface area contributed by atoms with Gasteiger partial charge in [0.15, 0.2) is 10.7 Å². The van der Waals surface area contributed by atoms with Crippen molar-refractivity contribution in [3.8, 4) is 6.07 Å². The summed E-state index contributed by atoms with van der Waals surface area (Å²) in [6.45, 7) is 0. The minimum Gasteiger partial charge on any atom is -0.380 e. The Morgan fingerprint density at radius 3 is 2.45 bits per heavy atom. The first-order valence-electron chi connectivity index (χ1n) is 6.13. The van der Waals surface area contributed by atoms with E-state index in [9.17, 15) is 13.5 Å². The summed E-state index contributed by atoms with van der Waals surface area (Å²) in [4.78, 5) is 6.39. The smallest absolute Gasteiger partial charge is 0.261 e. The summed E-state index contributed by atoms with van der Waals surface area (Å²) in [5.41, 5.74) is 0.174. The van der Waals surface area contributed by atoms with Crippen LogP contribution < -0.4 is 0 Å². The monoisotopic (exact) mass is 340 g/mol. The van der Waals surface area contributed by atoms with Crippen LogP contribution >= 0.6 is 11.6 Å². The summed E-state index contributed by atoms with van der Waals surface area (Å²) < 4.78 is 25.2. The van der Waals surface area contributed by atoms with E-state index < -0.39 is 16.1 Å². The molecule has 7 nitrogen and oxygen atoms in total. The molecule has 0 bridgehead atoms. The number of rotatable bonds is 4. The molecule has 0 aliphatic rings. The highest BCUT2D eigenvalue weighted by Gasteiger charge is 2.27. The van der Waals surface area contributed by atoms with Gasteiger partial charge in [-0.05, 0) is 17.7 Å². The molecule has 0 aliphatic carbocycles. The maximum atomic E-state index is 12.1. The zero-order valence-corrected chi connectivity index (χ0v) is 13.4. The molecule has 116 valence electrons. The van der Waals surface area contributed by atoms with E-state index in [1.54, 1.807) is 30.3 Å². The number of nitriles is 1. The second kappa shape index (κ2) is 6.06. The summed E-state index contributed by atoms with van der Waals surface area (Å²) in [5.74, 6) is -0.0284. The lowest BCUT2D eigenvalue weighted by Gasteiger charge is -2.10. The number of H-pyrrole nitrogens is 1. The summed E-state index contributed by atoms with van der Waals surface area (Å²) in [6.07, 6.45) is -1.20. The van der Waals surface area contributed by atoms with Crippen LogP contribution in [0.4, 0.5) is 0 Å². The molecule has 1 aromatic carbocycles. The number of aliphatic hydroxyl groups is 1. The number of nitrogens with zero attached hydrogens (tertiary/aromatic N) is 3. The van der Waals surface area contributed by atoms with Crippen molar-refractivity contribution in [1.29, 1.82) is 5.26 Å². The molecular formula is C13H13ClN4O3S. The van der Waals surface area contributed by atoms with E-state index in [1.807, 2.05) is 0 Å². The van der Waals surface area contributed by atoms with Gasteiger partial charge in [0.1, 0.15) is 18.0 Å².